The third-order valence-corrected chi connectivity index (χ3v) is 7.37. The summed E-state index contributed by atoms with van der Waals surface area (Å²) >= 11 is 0. The van der Waals surface area contributed by atoms with Crippen molar-refractivity contribution in [3.05, 3.63) is 58.0 Å². The number of amides is 1. The lowest BCUT2D eigenvalue weighted by Gasteiger charge is -2.15. The van der Waals surface area contributed by atoms with Crippen molar-refractivity contribution in [1.82, 2.24) is 9.13 Å². The van der Waals surface area contributed by atoms with E-state index in [2.05, 4.69) is 5.32 Å². The molecule has 0 aliphatic heterocycles. The number of nitrogens with zero attached hydrogens (tertiary/aromatic N) is 2. The first-order valence-electron chi connectivity index (χ1n) is 9.41. The molecule has 0 radical (unpaired) electrons. The van der Waals surface area contributed by atoms with E-state index in [1.807, 2.05) is 19.1 Å². The van der Waals surface area contributed by atoms with Crippen molar-refractivity contribution in [1.29, 1.82) is 0 Å². The lowest BCUT2D eigenvalue weighted by molar-refractivity contribution is 0.102. The van der Waals surface area contributed by atoms with Crippen LogP contribution in [0, 0.1) is 0 Å². The maximum atomic E-state index is 13.0. The summed E-state index contributed by atoms with van der Waals surface area (Å²) in [6.45, 7) is 5.19. The Balaban J connectivity index is 2.17. The molecule has 29 heavy (non-hydrogen) atoms. The zero-order valence-electron chi connectivity index (χ0n) is 17.2. The van der Waals surface area contributed by atoms with Gasteiger partial charge in [0.2, 0.25) is 0 Å². The Morgan fingerprint density at radius 3 is 2.10 bits per heavy atom. The molecule has 0 aliphatic carbocycles. The molecule has 2 aromatic carbocycles. The minimum absolute atomic E-state index is 0.000252. The normalized spacial score (nSPS) is 11.9. The second kappa shape index (κ2) is 7.51. The van der Waals surface area contributed by atoms with E-state index in [4.69, 9.17) is 0 Å². The Morgan fingerprint density at radius 2 is 1.59 bits per heavy atom. The molecule has 0 aliphatic rings. The van der Waals surface area contributed by atoms with Crippen LogP contribution in [-0.4, -0.2) is 28.7 Å². The Hall–Kier alpha value is -2.87. The van der Waals surface area contributed by atoms with Crippen LogP contribution in [0.2, 0.25) is 0 Å². The highest BCUT2D eigenvalue weighted by Gasteiger charge is 2.26. The van der Waals surface area contributed by atoms with Gasteiger partial charge in [-0.15, -0.1) is 0 Å². The van der Waals surface area contributed by atoms with Gasteiger partial charge in [-0.25, -0.2) is 13.2 Å². The number of sulfone groups is 1. The summed E-state index contributed by atoms with van der Waals surface area (Å²) in [6, 6.07) is 10.2. The molecule has 3 rings (SSSR count). The van der Waals surface area contributed by atoms with E-state index in [9.17, 15) is 18.0 Å². The van der Waals surface area contributed by atoms with Crippen LogP contribution in [0.25, 0.3) is 11.0 Å². The number of benzene rings is 2. The van der Waals surface area contributed by atoms with Crippen LogP contribution in [-0.2, 0) is 30.4 Å². The standard InChI is InChI=1S/C21H25N3O4S/c1-6-14-7-9-15(10-8-14)20(25)22-16-11-17-18(24(5)21(26)23(17)4)12-19(16)29(27,28)13(2)3/h7-13H,6H2,1-5H3,(H,22,25). The maximum absolute atomic E-state index is 13.0. The smallest absolute Gasteiger partial charge is 0.321 e. The van der Waals surface area contributed by atoms with Crippen LogP contribution >= 0.6 is 0 Å². The molecule has 0 saturated heterocycles. The summed E-state index contributed by atoms with van der Waals surface area (Å²) in [5.41, 5.74) is 2.45. The van der Waals surface area contributed by atoms with Crippen LogP contribution in [0.15, 0.2) is 46.1 Å². The van der Waals surface area contributed by atoms with E-state index in [0.29, 0.717) is 16.6 Å². The zero-order valence-corrected chi connectivity index (χ0v) is 18.0. The maximum Gasteiger partial charge on any atom is 0.328 e. The predicted octanol–water partition coefficient (Wildman–Crippen LogP) is 2.87. The number of aromatic nitrogens is 2. The molecule has 3 aromatic rings. The predicted molar refractivity (Wildman–Crippen MR) is 114 cm³/mol. The van der Waals surface area contributed by atoms with Gasteiger partial charge >= 0.3 is 5.69 Å². The number of hydrogen-bond donors (Lipinski definition) is 1. The topological polar surface area (TPSA) is 90.2 Å². The van der Waals surface area contributed by atoms with Gasteiger partial charge < -0.3 is 5.32 Å². The van der Waals surface area contributed by atoms with Crippen LogP contribution in [0.3, 0.4) is 0 Å². The molecule has 0 unspecified atom stereocenters. The number of rotatable bonds is 5. The molecular formula is C21H25N3O4S. The summed E-state index contributed by atoms with van der Waals surface area (Å²) < 4.78 is 28.7. The second-order valence-corrected chi connectivity index (χ2v) is 9.81. The van der Waals surface area contributed by atoms with Crippen molar-refractivity contribution in [3.8, 4) is 0 Å². The number of carbonyl (C=O) groups is 1. The minimum atomic E-state index is -3.70. The average molecular weight is 416 g/mol. The van der Waals surface area contributed by atoms with Crippen LogP contribution in [0.5, 0.6) is 0 Å². The molecule has 8 heteroatoms. The van der Waals surface area contributed by atoms with Gasteiger partial charge in [-0.3, -0.25) is 13.9 Å². The molecule has 0 saturated carbocycles. The van der Waals surface area contributed by atoms with Crippen molar-refractivity contribution in [3.63, 3.8) is 0 Å². The van der Waals surface area contributed by atoms with E-state index in [1.54, 1.807) is 46.1 Å². The first-order valence-corrected chi connectivity index (χ1v) is 11.0. The lowest BCUT2D eigenvalue weighted by Crippen LogP contribution is -2.19. The fourth-order valence-electron chi connectivity index (χ4n) is 3.20. The number of fused-ring (bicyclic) bond motifs is 1. The van der Waals surface area contributed by atoms with Crippen LogP contribution in [0.1, 0.15) is 36.7 Å². The number of nitrogens with one attached hydrogen (secondary N) is 1. The van der Waals surface area contributed by atoms with Crippen molar-refractivity contribution in [2.75, 3.05) is 5.32 Å². The molecule has 7 nitrogen and oxygen atoms in total. The number of anilines is 1. The molecule has 0 fully saturated rings. The largest absolute Gasteiger partial charge is 0.328 e. The summed E-state index contributed by atoms with van der Waals surface area (Å²) in [4.78, 5) is 25.1. The summed E-state index contributed by atoms with van der Waals surface area (Å²) in [6.07, 6.45) is 0.859. The van der Waals surface area contributed by atoms with Gasteiger partial charge in [0.15, 0.2) is 9.84 Å². The second-order valence-electron chi connectivity index (χ2n) is 7.34. The summed E-state index contributed by atoms with van der Waals surface area (Å²) in [5.74, 6) is -0.409. The van der Waals surface area contributed by atoms with Crippen molar-refractivity contribution >= 4 is 32.5 Å². The highest BCUT2D eigenvalue weighted by Crippen LogP contribution is 2.30. The Labute approximate surface area is 169 Å². The summed E-state index contributed by atoms with van der Waals surface area (Å²) in [5, 5.41) is 2.05. The molecule has 1 amide bonds. The fourth-order valence-corrected chi connectivity index (χ4v) is 4.40. The SMILES string of the molecule is CCc1ccc(C(=O)Nc2cc3c(cc2S(=O)(=O)C(C)C)n(C)c(=O)n3C)cc1. The number of imidazole rings is 1. The van der Waals surface area contributed by atoms with Gasteiger partial charge in [0.05, 0.1) is 26.9 Å². The number of aryl methyl sites for hydroxylation is 3. The van der Waals surface area contributed by atoms with E-state index < -0.39 is 21.0 Å². The van der Waals surface area contributed by atoms with Gasteiger partial charge in [0.1, 0.15) is 0 Å². The Morgan fingerprint density at radius 1 is 1.03 bits per heavy atom. The first kappa shape index (κ1) is 20.9. The Bertz CT molecular complexity index is 1250. The van der Waals surface area contributed by atoms with E-state index in [1.165, 1.54) is 15.2 Å². The Kier molecular flexibility index (Phi) is 5.40. The third-order valence-electron chi connectivity index (χ3n) is 5.17. The molecule has 0 atom stereocenters. The third kappa shape index (κ3) is 3.60. The molecule has 1 heterocycles. The average Bonchev–Trinajstić information content (AvgIpc) is 2.91. The van der Waals surface area contributed by atoms with Crippen LogP contribution in [0.4, 0.5) is 5.69 Å². The van der Waals surface area contributed by atoms with Gasteiger partial charge in [0.25, 0.3) is 5.91 Å². The van der Waals surface area contributed by atoms with Gasteiger partial charge in [-0.05, 0) is 50.1 Å². The monoisotopic (exact) mass is 415 g/mol. The van der Waals surface area contributed by atoms with Crippen molar-refractivity contribution < 1.29 is 13.2 Å². The van der Waals surface area contributed by atoms with Gasteiger partial charge in [0, 0.05) is 19.7 Å². The molecule has 0 spiro atoms. The van der Waals surface area contributed by atoms with E-state index in [-0.39, 0.29) is 16.3 Å². The van der Waals surface area contributed by atoms with Gasteiger partial charge in [-0.2, -0.15) is 0 Å². The van der Waals surface area contributed by atoms with Crippen LogP contribution < -0.4 is 11.0 Å². The fraction of sp³-hybridized carbons (Fsp3) is 0.333. The highest BCUT2D eigenvalue weighted by molar-refractivity contribution is 7.92. The van der Waals surface area contributed by atoms with Crippen molar-refractivity contribution in [2.45, 2.75) is 37.3 Å². The quantitative estimate of drug-likeness (QED) is 0.694. The minimum Gasteiger partial charge on any atom is -0.321 e. The molecule has 1 aromatic heterocycles. The molecule has 0 bridgehead atoms. The van der Waals surface area contributed by atoms with Crippen molar-refractivity contribution in [2.24, 2.45) is 14.1 Å². The first-order chi connectivity index (χ1) is 13.6. The highest BCUT2D eigenvalue weighted by atomic mass is 32.2. The number of carbonyl (C=O) groups excluding carboxylic acids is 1. The molecular weight excluding hydrogens is 390 g/mol. The zero-order chi connectivity index (χ0) is 21.5. The van der Waals surface area contributed by atoms with E-state index >= 15 is 0 Å². The molecule has 154 valence electrons. The summed E-state index contributed by atoms with van der Waals surface area (Å²) in [7, 11) is -0.502. The van der Waals surface area contributed by atoms with Gasteiger partial charge in [-0.1, -0.05) is 19.1 Å². The number of hydrogen-bond acceptors (Lipinski definition) is 4. The lowest BCUT2D eigenvalue weighted by atomic mass is 10.1. The van der Waals surface area contributed by atoms with E-state index in [0.717, 1.165) is 12.0 Å². The molecule has 1 N–H and O–H groups in total.